The summed E-state index contributed by atoms with van der Waals surface area (Å²) in [5.41, 5.74) is 2.60. The summed E-state index contributed by atoms with van der Waals surface area (Å²) in [5.74, 6) is 0. The maximum Gasteiger partial charge on any atom is 0.121 e. The van der Waals surface area contributed by atoms with Gasteiger partial charge in [0.25, 0.3) is 0 Å². The third kappa shape index (κ3) is 4.50. The summed E-state index contributed by atoms with van der Waals surface area (Å²) in [6.45, 7) is 1.96. The normalized spacial score (nSPS) is 18.9. The number of nitrogens with one attached hydrogen (secondary N) is 1. The minimum absolute atomic E-state index is 0.352. The minimum Gasteiger partial charge on any atom is -0.382 e. The Morgan fingerprint density at radius 1 is 0.966 bits per heavy atom. The molecule has 2 N–H and O–H groups in total. The smallest absolute Gasteiger partial charge is 0.121 e. The maximum absolute atomic E-state index is 11.9. The highest BCUT2D eigenvalue weighted by Gasteiger charge is 2.40. The van der Waals surface area contributed by atoms with E-state index in [-0.39, 0.29) is 6.10 Å². The number of halogens is 2. The van der Waals surface area contributed by atoms with Crippen LogP contribution in [0.3, 0.4) is 0 Å². The van der Waals surface area contributed by atoms with Gasteiger partial charge in [0.05, 0.1) is 6.61 Å². The molecule has 1 saturated heterocycles. The van der Waals surface area contributed by atoms with E-state index >= 15 is 0 Å². The number of morpholine rings is 1. The van der Waals surface area contributed by atoms with Crippen LogP contribution in [-0.4, -0.2) is 30.9 Å². The predicted octanol–water partition coefficient (Wildman–Crippen LogP) is 5.08. The second-order valence-electron chi connectivity index (χ2n) is 7.35. The van der Waals surface area contributed by atoms with E-state index in [1.54, 1.807) is 6.07 Å². The van der Waals surface area contributed by atoms with E-state index in [0.717, 1.165) is 28.8 Å². The van der Waals surface area contributed by atoms with E-state index in [2.05, 4.69) is 5.32 Å². The van der Waals surface area contributed by atoms with Gasteiger partial charge in [-0.15, -0.1) is 0 Å². The average Bonchev–Trinajstić information content (AvgIpc) is 2.74. The molecule has 2 unspecified atom stereocenters. The fraction of sp³-hybridized carbons (Fsp3) is 0.250. The van der Waals surface area contributed by atoms with Crippen molar-refractivity contribution in [3.05, 3.63) is 94.0 Å². The summed E-state index contributed by atoms with van der Waals surface area (Å²) in [6, 6.07) is 23.3. The lowest BCUT2D eigenvalue weighted by molar-refractivity contribution is -0.124. The molecule has 3 aromatic carbocycles. The minimum atomic E-state index is -1.17. The monoisotopic (exact) mass is 427 g/mol. The van der Waals surface area contributed by atoms with Gasteiger partial charge in [0.15, 0.2) is 0 Å². The van der Waals surface area contributed by atoms with Crippen molar-refractivity contribution in [1.29, 1.82) is 0 Å². The SMILES string of the molecule is OC(Cc1ccccc1-c1cc(Cl)cc(Cl)c1)(c1ccccc1)C1CNCCO1. The van der Waals surface area contributed by atoms with Crippen LogP contribution in [0.2, 0.25) is 10.0 Å². The quantitative estimate of drug-likeness (QED) is 0.596. The highest BCUT2D eigenvalue weighted by atomic mass is 35.5. The van der Waals surface area contributed by atoms with Crippen LogP contribution in [0.1, 0.15) is 11.1 Å². The Morgan fingerprint density at radius 3 is 2.34 bits per heavy atom. The van der Waals surface area contributed by atoms with Crippen LogP contribution >= 0.6 is 23.2 Å². The fourth-order valence-electron chi connectivity index (χ4n) is 3.96. The highest BCUT2D eigenvalue weighted by Crippen LogP contribution is 2.36. The molecule has 150 valence electrons. The van der Waals surface area contributed by atoms with Crippen molar-refractivity contribution in [2.24, 2.45) is 0 Å². The van der Waals surface area contributed by atoms with Crippen molar-refractivity contribution < 1.29 is 9.84 Å². The second kappa shape index (κ2) is 8.86. The summed E-state index contributed by atoms with van der Waals surface area (Å²) in [4.78, 5) is 0. The molecule has 4 rings (SSSR count). The molecule has 2 atom stereocenters. The van der Waals surface area contributed by atoms with Crippen LogP contribution in [0, 0.1) is 0 Å². The van der Waals surface area contributed by atoms with Crippen LogP contribution < -0.4 is 5.32 Å². The molecule has 29 heavy (non-hydrogen) atoms. The van der Waals surface area contributed by atoms with Gasteiger partial charge in [0, 0.05) is 29.6 Å². The molecule has 1 fully saturated rings. The molecule has 1 heterocycles. The molecule has 3 aromatic rings. The van der Waals surface area contributed by atoms with Gasteiger partial charge < -0.3 is 15.2 Å². The molecule has 0 aliphatic carbocycles. The van der Waals surface area contributed by atoms with Gasteiger partial charge in [-0.2, -0.15) is 0 Å². The van der Waals surface area contributed by atoms with Gasteiger partial charge in [0.1, 0.15) is 11.7 Å². The van der Waals surface area contributed by atoms with E-state index < -0.39 is 5.60 Å². The Bertz CT molecular complexity index is 953. The number of hydrogen-bond donors (Lipinski definition) is 2. The number of aliphatic hydroxyl groups is 1. The first kappa shape index (κ1) is 20.4. The molecule has 5 heteroatoms. The number of ether oxygens (including phenoxy) is 1. The van der Waals surface area contributed by atoms with Crippen LogP contribution in [0.5, 0.6) is 0 Å². The zero-order valence-corrected chi connectivity index (χ0v) is 17.5. The van der Waals surface area contributed by atoms with Crippen molar-refractivity contribution >= 4 is 23.2 Å². The first-order valence-electron chi connectivity index (χ1n) is 9.71. The van der Waals surface area contributed by atoms with Crippen molar-refractivity contribution in [3.8, 4) is 11.1 Å². The molecular weight excluding hydrogens is 405 g/mol. The Labute approximate surface area is 181 Å². The zero-order valence-electron chi connectivity index (χ0n) is 15.9. The van der Waals surface area contributed by atoms with E-state index in [0.29, 0.717) is 29.6 Å². The molecular formula is C24H23Cl2NO2. The van der Waals surface area contributed by atoms with E-state index in [9.17, 15) is 5.11 Å². The van der Waals surface area contributed by atoms with Gasteiger partial charge in [-0.05, 0) is 40.5 Å². The van der Waals surface area contributed by atoms with E-state index in [4.69, 9.17) is 27.9 Å². The summed E-state index contributed by atoms with van der Waals surface area (Å²) in [5, 5.41) is 16.4. The van der Waals surface area contributed by atoms with Crippen molar-refractivity contribution in [3.63, 3.8) is 0 Å². The molecule has 0 aromatic heterocycles. The second-order valence-corrected chi connectivity index (χ2v) is 8.22. The summed E-state index contributed by atoms with van der Waals surface area (Å²) < 4.78 is 6.00. The van der Waals surface area contributed by atoms with Crippen molar-refractivity contribution in [2.45, 2.75) is 18.1 Å². The van der Waals surface area contributed by atoms with Crippen LogP contribution in [0.4, 0.5) is 0 Å². The fourth-order valence-corrected chi connectivity index (χ4v) is 4.48. The molecule has 0 amide bonds. The molecule has 0 spiro atoms. The lowest BCUT2D eigenvalue weighted by Gasteiger charge is -2.39. The van der Waals surface area contributed by atoms with Crippen molar-refractivity contribution in [1.82, 2.24) is 5.32 Å². The summed E-state index contributed by atoms with van der Waals surface area (Å²) >= 11 is 12.5. The average molecular weight is 428 g/mol. The van der Waals surface area contributed by atoms with Gasteiger partial charge in [-0.1, -0.05) is 77.8 Å². The van der Waals surface area contributed by atoms with Crippen LogP contribution in [0.25, 0.3) is 11.1 Å². The first-order chi connectivity index (χ1) is 14.1. The lowest BCUT2D eigenvalue weighted by atomic mass is 9.80. The van der Waals surface area contributed by atoms with E-state index in [1.165, 1.54) is 0 Å². The zero-order chi connectivity index (χ0) is 20.3. The topological polar surface area (TPSA) is 41.5 Å². The number of hydrogen-bond acceptors (Lipinski definition) is 3. The van der Waals surface area contributed by atoms with Crippen molar-refractivity contribution in [2.75, 3.05) is 19.7 Å². The molecule has 0 saturated carbocycles. The summed E-state index contributed by atoms with van der Waals surface area (Å²) in [7, 11) is 0. The van der Waals surface area contributed by atoms with Gasteiger partial charge in [0.2, 0.25) is 0 Å². The largest absolute Gasteiger partial charge is 0.382 e. The predicted molar refractivity (Wildman–Crippen MR) is 119 cm³/mol. The van der Waals surface area contributed by atoms with Gasteiger partial charge >= 0.3 is 0 Å². The molecule has 0 radical (unpaired) electrons. The standard InChI is InChI=1S/C24H23Cl2NO2/c25-20-12-18(13-21(26)14-20)22-9-5-4-6-17(22)15-24(28,19-7-2-1-3-8-19)23-16-27-10-11-29-23/h1-9,12-14,23,27-28H,10-11,15-16H2. The number of benzene rings is 3. The third-order valence-corrected chi connectivity index (χ3v) is 5.82. The van der Waals surface area contributed by atoms with Crippen LogP contribution in [-0.2, 0) is 16.8 Å². The van der Waals surface area contributed by atoms with E-state index in [1.807, 2.05) is 66.7 Å². The van der Waals surface area contributed by atoms with Crippen LogP contribution in [0.15, 0.2) is 72.8 Å². The maximum atomic E-state index is 11.9. The Balaban J connectivity index is 1.77. The Kier molecular flexibility index (Phi) is 6.23. The Hall–Kier alpha value is -1.88. The molecule has 0 bridgehead atoms. The highest BCUT2D eigenvalue weighted by molar-refractivity contribution is 6.35. The lowest BCUT2D eigenvalue weighted by Crippen LogP contribution is -2.52. The number of rotatable bonds is 5. The Morgan fingerprint density at radius 2 is 1.66 bits per heavy atom. The van der Waals surface area contributed by atoms with Gasteiger partial charge in [-0.25, -0.2) is 0 Å². The molecule has 1 aliphatic heterocycles. The third-order valence-electron chi connectivity index (χ3n) is 5.38. The van der Waals surface area contributed by atoms with Gasteiger partial charge in [-0.3, -0.25) is 0 Å². The first-order valence-corrected chi connectivity index (χ1v) is 10.5. The summed E-state index contributed by atoms with van der Waals surface area (Å²) in [6.07, 6.45) is 0.0542. The molecule has 3 nitrogen and oxygen atoms in total. The molecule has 1 aliphatic rings.